The summed E-state index contributed by atoms with van der Waals surface area (Å²) in [5.41, 5.74) is 6.05. The highest BCUT2D eigenvalue weighted by Gasteiger charge is 2.16. The van der Waals surface area contributed by atoms with Crippen LogP contribution in [0, 0.1) is 34.6 Å². The van der Waals surface area contributed by atoms with Crippen LogP contribution in [0.4, 0.5) is 11.4 Å². The Morgan fingerprint density at radius 2 is 1.44 bits per heavy atom. The van der Waals surface area contributed by atoms with Gasteiger partial charge in [0.2, 0.25) is 0 Å². The normalized spacial score (nSPS) is 11.2. The minimum atomic E-state index is -3.74. The van der Waals surface area contributed by atoms with E-state index in [2.05, 4.69) is 10.0 Å². The summed E-state index contributed by atoms with van der Waals surface area (Å²) in [4.78, 5) is 12.5. The van der Waals surface area contributed by atoms with Gasteiger partial charge in [-0.3, -0.25) is 9.52 Å². The molecule has 0 saturated carbocycles. The highest BCUT2D eigenvalue weighted by atomic mass is 32.2. The van der Waals surface area contributed by atoms with Crippen LogP contribution in [0.5, 0.6) is 5.75 Å². The zero-order valence-corrected chi connectivity index (χ0v) is 19.8. The van der Waals surface area contributed by atoms with E-state index in [0.29, 0.717) is 17.0 Å². The monoisotopic (exact) mass is 452 g/mol. The van der Waals surface area contributed by atoms with Gasteiger partial charge < -0.3 is 10.1 Å². The molecule has 1 amide bonds. The fourth-order valence-electron chi connectivity index (χ4n) is 3.48. The molecule has 0 heterocycles. The minimum Gasteiger partial charge on any atom is -0.483 e. The first-order chi connectivity index (χ1) is 15.0. The maximum Gasteiger partial charge on any atom is 0.262 e. The summed E-state index contributed by atoms with van der Waals surface area (Å²) in [6, 6.07) is 15.7. The molecule has 168 valence electrons. The number of hydrogen-bond acceptors (Lipinski definition) is 4. The maximum atomic E-state index is 12.7. The highest BCUT2D eigenvalue weighted by molar-refractivity contribution is 7.92. The molecule has 3 rings (SSSR count). The van der Waals surface area contributed by atoms with Gasteiger partial charge in [0.1, 0.15) is 5.75 Å². The average molecular weight is 453 g/mol. The maximum absolute atomic E-state index is 12.7. The number of anilines is 2. The summed E-state index contributed by atoms with van der Waals surface area (Å²) in [5.74, 6) is 0.170. The molecule has 0 bridgehead atoms. The molecule has 32 heavy (non-hydrogen) atoms. The largest absolute Gasteiger partial charge is 0.483 e. The molecular weight excluding hydrogens is 424 g/mol. The molecule has 2 N–H and O–H groups in total. The van der Waals surface area contributed by atoms with Gasteiger partial charge in [-0.2, -0.15) is 0 Å². The number of amides is 1. The number of aryl methyl sites for hydroxylation is 5. The highest BCUT2D eigenvalue weighted by Crippen LogP contribution is 2.25. The van der Waals surface area contributed by atoms with E-state index in [4.69, 9.17) is 4.74 Å². The molecule has 0 fully saturated rings. The van der Waals surface area contributed by atoms with E-state index >= 15 is 0 Å². The van der Waals surface area contributed by atoms with E-state index in [1.165, 1.54) is 12.1 Å². The Morgan fingerprint density at radius 1 is 0.812 bits per heavy atom. The fourth-order valence-corrected chi connectivity index (χ4v) is 4.63. The Kier molecular flexibility index (Phi) is 6.89. The Balaban J connectivity index is 1.66. The van der Waals surface area contributed by atoms with Crippen molar-refractivity contribution in [2.24, 2.45) is 0 Å². The second kappa shape index (κ2) is 9.44. The second-order valence-corrected chi connectivity index (χ2v) is 9.69. The third-order valence-corrected chi connectivity index (χ3v) is 6.44. The van der Waals surface area contributed by atoms with Gasteiger partial charge in [0.25, 0.3) is 15.9 Å². The molecule has 0 atom stereocenters. The summed E-state index contributed by atoms with van der Waals surface area (Å²) in [7, 11) is -3.74. The van der Waals surface area contributed by atoms with Crippen LogP contribution in [-0.4, -0.2) is 20.9 Å². The van der Waals surface area contributed by atoms with E-state index in [0.717, 1.165) is 27.9 Å². The van der Waals surface area contributed by atoms with E-state index < -0.39 is 10.0 Å². The first-order valence-corrected chi connectivity index (χ1v) is 11.7. The lowest BCUT2D eigenvalue weighted by Crippen LogP contribution is -2.21. The number of benzene rings is 3. The van der Waals surface area contributed by atoms with Crippen LogP contribution in [-0.2, 0) is 14.8 Å². The third kappa shape index (κ3) is 5.68. The van der Waals surface area contributed by atoms with Crippen molar-refractivity contribution in [1.82, 2.24) is 0 Å². The number of ether oxygens (including phenoxy) is 1. The molecule has 3 aromatic rings. The van der Waals surface area contributed by atoms with Crippen molar-refractivity contribution in [3.63, 3.8) is 0 Å². The van der Waals surface area contributed by atoms with Crippen LogP contribution in [0.2, 0.25) is 0 Å². The first kappa shape index (κ1) is 23.3. The van der Waals surface area contributed by atoms with Crippen molar-refractivity contribution in [3.05, 3.63) is 82.4 Å². The molecule has 0 unspecified atom stereocenters. The van der Waals surface area contributed by atoms with E-state index in [1.54, 1.807) is 25.1 Å². The molecule has 0 saturated heterocycles. The smallest absolute Gasteiger partial charge is 0.262 e. The van der Waals surface area contributed by atoms with Crippen molar-refractivity contribution in [3.8, 4) is 5.75 Å². The molecule has 0 spiro atoms. The van der Waals surface area contributed by atoms with Gasteiger partial charge in [-0.15, -0.1) is 0 Å². The minimum absolute atomic E-state index is 0.123. The molecule has 0 radical (unpaired) electrons. The number of sulfonamides is 1. The molecule has 0 aliphatic heterocycles. The summed E-state index contributed by atoms with van der Waals surface area (Å²) in [6.07, 6.45) is 0. The van der Waals surface area contributed by atoms with Gasteiger partial charge >= 0.3 is 0 Å². The Hall–Kier alpha value is -3.32. The number of carbonyl (C=O) groups is 1. The van der Waals surface area contributed by atoms with E-state index in [9.17, 15) is 13.2 Å². The van der Waals surface area contributed by atoms with Crippen molar-refractivity contribution in [2.75, 3.05) is 16.6 Å². The van der Waals surface area contributed by atoms with E-state index in [1.807, 2.05) is 52.0 Å². The number of carbonyl (C=O) groups excluding carboxylic acids is 1. The van der Waals surface area contributed by atoms with Gasteiger partial charge in [0.15, 0.2) is 6.61 Å². The molecule has 0 aliphatic rings. The van der Waals surface area contributed by atoms with Gasteiger partial charge in [-0.25, -0.2) is 8.42 Å². The molecule has 7 heteroatoms. The van der Waals surface area contributed by atoms with Gasteiger partial charge in [-0.1, -0.05) is 35.4 Å². The Morgan fingerprint density at radius 3 is 2.03 bits per heavy atom. The predicted octanol–water partition coefficient (Wildman–Crippen LogP) is 5.05. The zero-order valence-electron chi connectivity index (χ0n) is 18.9. The van der Waals surface area contributed by atoms with Gasteiger partial charge in [0, 0.05) is 11.4 Å². The first-order valence-electron chi connectivity index (χ1n) is 10.3. The van der Waals surface area contributed by atoms with E-state index in [-0.39, 0.29) is 17.4 Å². The second-order valence-electron chi connectivity index (χ2n) is 8.01. The van der Waals surface area contributed by atoms with Crippen molar-refractivity contribution < 1.29 is 17.9 Å². The van der Waals surface area contributed by atoms with Gasteiger partial charge in [-0.05, 0) is 81.6 Å². The molecule has 0 aromatic heterocycles. The topological polar surface area (TPSA) is 84.5 Å². The van der Waals surface area contributed by atoms with Crippen LogP contribution in [0.15, 0.2) is 59.5 Å². The number of hydrogen-bond donors (Lipinski definition) is 2. The zero-order chi connectivity index (χ0) is 23.5. The predicted molar refractivity (Wildman–Crippen MR) is 128 cm³/mol. The van der Waals surface area contributed by atoms with Crippen LogP contribution in [0.1, 0.15) is 27.8 Å². The van der Waals surface area contributed by atoms with Crippen LogP contribution >= 0.6 is 0 Å². The summed E-state index contributed by atoms with van der Waals surface area (Å²) in [5, 5.41) is 2.89. The standard InChI is InChI=1S/C25H28N2O4S/c1-16-6-8-21(9-7-16)27-32(29,30)22-10-11-23(18(3)14-22)31-15-24(28)26-25-19(4)12-17(2)13-20(25)5/h6-14,27H,15H2,1-5H3,(H,26,28). The molecule has 3 aromatic carbocycles. The molecular formula is C25H28N2O4S. The van der Waals surface area contributed by atoms with Crippen LogP contribution in [0.25, 0.3) is 0 Å². The van der Waals surface area contributed by atoms with Gasteiger partial charge in [0.05, 0.1) is 4.90 Å². The lowest BCUT2D eigenvalue weighted by Gasteiger charge is -2.14. The van der Waals surface area contributed by atoms with Crippen LogP contribution < -0.4 is 14.8 Å². The lowest BCUT2D eigenvalue weighted by atomic mass is 10.1. The Labute approximate surface area is 189 Å². The SMILES string of the molecule is Cc1ccc(NS(=O)(=O)c2ccc(OCC(=O)Nc3c(C)cc(C)cc3C)c(C)c2)cc1. The molecule has 0 aliphatic carbocycles. The number of nitrogens with one attached hydrogen (secondary N) is 2. The van der Waals surface area contributed by atoms with Crippen molar-refractivity contribution in [2.45, 2.75) is 39.5 Å². The lowest BCUT2D eigenvalue weighted by molar-refractivity contribution is -0.118. The Bertz CT molecular complexity index is 1230. The average Bonchev–Trinajstić information content (AvgIpc) is 2.71. The summed E-state index contributed by atoms with van der Waals surface area (Å²) in [6.45, 7) is 9.41. The summed E-state index contributed by atoms with van der Waals surface area (Å²) >= 11 is 0. The van der Waals surface area contributed by atoms with Crippen molar-refractivity contribution >= 4 is 27.3 Å². The fraction of sp³-hybridized carbons (Fsp3) is 0.240. The number of rotatable bonds is 7. The quantitative estimate of drug-likeness (QED) is 0.526. The van der Waals surface area contributed by atoms with Crippen LogP contribution in [0.3, 0.4) is 0 Å². The summed E-state index contributed by atoms with van der Waals surface area (Å²) < 4.78 is 33.6. The van der Waals surface area contributed by atoms with Crippen molar-refractivity contribution in [1.29, 1.82) is 0 Å². The third-order valence-electron chi connectivity index (χ3n) is 5.06. The molecule has 6 nitrogen and oxygen atoms in total.